The van der Waals surface area contributed by atoms with Crippen LogP contribution in [0, 0.1) is 0 Å². The van der Waals surface area contributed by atoms with E-state index < -0.39 is 0 Å². The molecule has 3 heteroatoms. The lowest BCUT2D eigenvalue weighted by Gasteiger charge is -2.37. The zero-order valence-corrected chi connectivity index (χ0v) is 13.0. The van der Waals surface area contributed by atoms with E-state index in [9.17, 15) is 4.79 Å². The van der Waals surface area contributed by atoms with Crippen LogP contribution in [-0.2, 0) is 17.6 Å². The van der Waals surface area contributed by atoms with Crippen molar-refractivity contribution in [1.82, 2.24) is 5.32 Å². The van der Waals surface area contributed by atoms with Crippen LogP contribution in [0.15, 0.2) is 18.2 Å². The van der Waals surface area contributed by atoms with Crippen molar-refractivity contribution in [2.45, 2.75) is 69.9 Å². The molecule has 0 radical (unpaired) electrons. The summed E-state index contributed by atoms with van der Waals surface area (Å²) in [5.41, 5.74) is 10.1. The van der Waals surface area contributed by atoms with Crippen LogP contribution in [-0.4, -0.2) is 11.4 Å². The fraction of sp³-hybridized carbons (Fsp3) is 0.611. The number of nitrogens with two attached hydrogens (primary N) is 1. The van der Waals surface area contributed by atoms with Crippen LogP contribution in [0.25, 0.3) is 0 Å². The van der Waals surface area contributed by atoms with Crippen molar-refractivity contribution in [3.63, 3.8) is 0 Å². The standard InChI is InChI=1S/C18H26N2O/c1-13(20-17(21)12-18(19)9-4-10-18)15-8-7-14-5-2-3-6-16(14)11-15/h7-8,11,13H,2-6,9-10,12,19H2,1H3,(H,20,21). The van der Waals surface area contributed by atoms with Gasteiger partial charge in [0.2, 0.25) is 5.91 Å². The molecule has 1 saturated carbocycles. The molecular weight excluding hydrogens is 260 g/mol. The van der Waals surface area contributed by atoms with E-state index >= 15 is 0 Å². The van der Waals surface area contributed by atoms with Gasteiger partial charge in [0.15, 0.2) is 0 Å². The maximum atomic E-state index is 12.1. The molecule has 0 saturated heterocycles. The molecule has 0 heterocycles. The van der Waals surface area contributed by atoms with Crippen molar-refractivity contribution in [3.05, 3.63) is 34.9 Å². The van der Waals surface area contributed by atoms with Crippen LogP contribution in [0.1, 0.15) is 68.2 Å². The predicted molar refractivity (Wildman–Crippen MR) is 85.0 cm³/mol. The Morgan fingerprint density at radius 3 is 2.62 bits per heavy atom. The topological polar surface area (TPSA) is 55.1 Å². The highest BCUT2D eigenvalue weighted by Crippen LogP contribution is 2.32. The molecule has 2 aliphatic carbocycles. The quantitative estimate of drug-likeness (QED) is 0.894. The molecule has 1 fully saturated rings. The Labute approximate surface area is 127 Å². The van der Waals surface area contributed by atoms with E-state index in [1.165, 1.54) is 42.4 Å². The van der Waals surface area contributed by atoms with Gasteiger partial charge in [-0.05, 0) is 68.6 Å². The van der Waals surface area contributed by atoms with Gasteiger partial charge in [0, 0.05) is 12.0 Å². The third-order valence-electron chi connectivity index (χ3n) is 5.11. The second-order valence-corrected chi connectivity index (χ2v) is 6.92. The van der Waals surface area contributed by atoms with E-state index in [-0.39, 0.29) is 17.5 Å². The molecule has 2 aliphatic rings. The number of nitrogens with one attached hydrogen (secondary N) is 1. The average Bonchev–Trinajstić information content (AvgIpc) is 2.45. The SMILES string of the molecule is CC(NC(=O)CC1(N)CCC1)c1ccc2c(c1)CCCC2. The lowest BCUT2D eigenvalue weighted by atomic mass is 9.75. The number of carbonyl (C=O) groups excluding carboxylic acids is 1. The number of benzene rings is 1. The number of hydrogen-bond donors (Lipinski definition) is 2. The molecule has 0 bridgehead atoms. The van der Waals surface area contributed by atoms with Gasteiger partial charge >= 0.3 is 0 Å². The first-order chi connectivity index (χ1) is 10.1. The highest BCUT2D eigenvalue weighted by Gasteiger charge is 2.34. The molecule has 1 aromatic rings. The normalized spacial score (nSPS) is 21.0. The minimum atomic E-state index is -0.236. The first-order valence-electron chi connectivity index (χ1n) is 8.26. The minimum Gasteiger partial charge on any atom is -0.350 e. The summed E-state index contributed by atoms with van der Waals surface area (Å²) >= 11 is 0. The maximum absolute atomic E-state index is 12.1. The molecule has 3 nitrogen and oxygen atoms in total. The molecule has 0 aromatic heterocycles. The highest BCUT2D eigenvalue weighted by molar-refractivity contribution is 5.77. The van der Waals surface area contributed by atoms with E-state index in [4.69, 9.17) is 5.73 Å². The molecule has 3 rings (SSSR count). The Morgan fingerprint density at radius 1 is 1.24 bits per heavy atom. The predicted octanol–water partition coefficient (Wildman–Crippen LogP) is 3.01. The Kier molecular flexibility index (Phi) is 4.03. The molecule has 114 valence electrons. The molecule has 1 unspecified atom stereocenters. The smallest absolute Gasteiger partial charge is 0.222 e. The second-order valence-electron chi connectivity index (χ2n) is 6.92. The molecule has 3 N–H and O–H groups in total. The van der Waals surface area contributed by atoms with Crippen molar-refractivity contribution >= 4 is 5.91 Å². The lowest BCUT2D eigenvalue weighted by molar-refractivity contribution is -0.123. The summed E-state index contributed by atoms with van der Waals surface area (Å²) in [6.07, 6.45) is 8.54. The fourth-order valence-corrected chi connectivity index (χ4v) is 3.53. The van der Waals surface area contributed by atoms with Gasteiger partial charge in [-0.2, -0.15) is 0 Å². The van der Waals surface area contributed by atoms with E-state index in [1.54, 1.807) is 0 Å². The average molecular weight is 286 g/mol. The van der Waals surface area contributed by atoms with Gasteiger partial charge in [0.1, 0.15) is 0 Å². The summed E-state index contributed by atoms with van der Waals surface area (Å²) in [6, 6.07) is 6.74. The number of rotatable bonds is 4. The third-order valence-corrected chi connectivity index (χ3v) is 5.11. The lowest BCUT2D eigenvalue weighted by Crippen LogP contribution is -2.50. The molecule has 0 aliphatic heterocycles. The second kappa shape index (κ2) is 5.80. The van der Waals surface area contributed by atoms with Crippen molar-refractivity contribution in [1.29, 1.82) is 0 Å². The van der Waals surface area contributed by atoms with Crippen LogP contribution in [0.5, 0.6) is 0 Å². The van der Waals surface area contributed by atoms with Crippen molar-refractivity contribution < 1.29 is 4.79 Å². The zero-order valence-electron chi connectivity index (χ0n) is 13.0. The van der Waals surface area contributed by atoms with Crippen LogP contribution in [0.3, 0.4) is 0 Å². The van der Waals surface area contributed by atoms with E-state index in [0.717, 1.165) is 19.3 Å². The maximum Gasteiger partial charge on any atom is 0.222 e. The van der Waals surface area contributed by atoms with Gasteiger partial charge in [-0.3, -0.25) is 4.79 Å². The number of carbonyl (C=O) groups is 1. The van der Waals surface area contributed by atoms with Gasteiger partial charge in [-0.25, -0.2) is 0 Å². The molecule has 1 amide bonds. The van der Waals surface area contributed by atoms with Crippen LogP contribution in [0.2, 0.25) is 0 Å². The zero-order chi connectivity index (χ0) is 14.9. The summed E-state index contributed by atoms with van der Waals surface area (Å²) < 4.78 is 0. The molecule has 1 atom stereocenters. The monoisotopic (exact) mass is 286 g/mol. The molecular formula is C18H26N2O. The van der Waals surface area contributed by atoms with Crippen LogP contribution >= 0.6 is 0 Å². The number of hydrogen-bond acceptors (Lipinski definition) is 2. The summed E-state index contributed by atoms with van der Waals surface area (Å²) in [5.74, 6) is 0.0856. The highest BCUT2D eigenvalue weighted by atomic mass is 16.1. The summed E-state index contributed by atoms with van der Waals surface area (Å²) in [5, 5.41) is 3.11. The van der Waals surface area contributed by atoms with Crippen LogP contribution in [0.4, 0.5) is 0 Å². The van der Waals surface area contributed by atoms with Gasteiger partial charge in [-0.15, -0.1) is 0 Å². The largest absolute Gasteiger partial charge is 0.350 e. The Bertz CT molecular complexity index is 534. The van der Waals surface area contributed by atoms with E-state index in [1.807, 2.05) is 0 Å². The van der Waals surface area contributed by atoms with E-state index in [2.05, 4.69) is 30.4 Å². The third kappa shape index (κ3) is 3.29. The first-order valence-corrected chi connectivity index (χ1v) is 8.26. The van der Waals surface area contributed by atoms with Gasteiger partial charge in [0.25, 0.3) is 0 Å². The van der Waals surface area contributed by atoms with Gasteiger partial charge < -0.3 is 11.1 Å². The number of fused-ring (bicyclic) bond motifs is 1. The summed E-state index contributed by atoms with van der Waals surface area (Å²) in [7, 11) is 0. The Hall–Kier alpha value is -1.35. The Morgan fingerprint density at radius 2 is 1.95 bits per heavy atom. The van der Waals surface area contributed by atoms with E-state index in [0.29, 0.717) is 6.42 Å². The van der Waals surface area contributed by atoms with Gasteiger partial charge in [-0.1, -0.05) is 18.2 Å². The summed E-state index contributed by atoms with van der Waals surface area (Å²) in [4.78, 5) is 12.1. The molecule has 1 aromatic carbocycles. The van der Waals surface area contributed by atoms with Crippen molar-refractivity contribution in [3.8, 4) is 0 Å². The number of aryl methyl sites for hydroxylation is 2. The summed E-state index contributed by atoms with van der Waals surface area (Å²) in [6.45, 7) is 2.06. The van der Waals surface area contributed by atoms with Gasteiger partial charge in [0.05, 0.1) is 6.04 Å². The number of amides is 1. The van der Waals surface area contributed by atoms with Crippen LogP contribution < -0.4 is 11.1 Å². The minimum absolute atomic E-state index is 0.0633. The van der Waals surface area contributed by atoms with Crippen molar-refractivity contribution in [2.75, 3.05) is 0 Å². The molecule has 21 heavy (non-hydrogen) atoms. The van der Waals surface area contributed by atoms with Crippen molar-refractivity contribution in [2.24, 2.45) is 5.73 Å². The first kappa shape index (κ1) is 14.6. The fourth-order valence-electron chi connectivity index (χ4n) is 3.53. The Balaban J connectivity index is 1.62. The molecule has 0 spiro atoms.